The second kappa shape index (κ2) is 49.3. The fraction of sp³-hybridized carbons (Fsp3) is 0.833. The Bertz CT molecular complexity index is 1020. The third kappa shape index (κ3) is 46.7. The highest BCUT2D eigenvalue weighted by atomic mass is 16.6. The number of hydrogen-bond donors (Lipinski definition) is 0. The van der Waals surface area contributed by atoms with Crippen LogP contribution < -0.4 is 0 Å². The lowest BCUT2D eigenvalue weighted by atomic mass is 10.0. The van der Waals surface area contributed by atoms with Gasteiger partial charge in [0.05, 0.1) is 0 Å². The first-order valence-electron chi connectivity index (χ1n) is 26.0. The second-order valence-corrected chi connectivity index (χ2v) is 17.4. The standard InChI is InChI=1S/C54H98O6/c1-4-7-10-13-16-19-22-25-27-30-32-35-38-41-44-47-53(56)59-50-51(49-58-52(55)46-43-40-37-34-31-28-24-21-18-15-12-9-6-3)60-54(57)48-45-42-39-36-33-29-26-23-20-17-14-11-8-5-2/h28-29,31,33,37,40,51H,4-27,30,32,34-36,38-39,41-50H2,1-3H3/b31-28-,33-29-,40-37-. The molecule has 0 fully saturated rings. The summed E-state index contributed by atoms with van der Waals surface area (Å²) in [6, 6.07) is 0. The molecular weight excluding hydrogens is 745 g/mol. The fourth-order valence-electron chi connectivity index (χ4n) is 7.43. The van der Waals surface area contributed by atoms with Gasteiger partial charge in [0, 0.05) is 19.3 Å². The van der Waals surface area contributed by atoms with E-state index in [4.69, 9.17) is 14.2 Å². The third-order valence-corrected chi connectivity index (χ3v) is 11.4. The molecule has 0 radical (unpaired) electrons. The van der Waals surface area contributed by atoms with Gasteiger partial charge in [-0.25, -0.2) is 0 Å². The molecule has 0 aromatic carbocycles. The van der Waals surface area contributed by atoms with Crippen molar-refractivity contribution in [2.24, 2.45) is 0 Å². The molecule has 350 valence electrons. The van der Waals surface area contributed by atoms with Crippen LogP contribution in [0.3, 0.4) is 0 Å². The number of hydrogen-bond acceptors (Lipinski definition) is 6. The minimum Gasteiger partial charge on any atom is -0.462 e. The van der Waals surface area contributed by atoms with Gasteiger partial charge in [0.25, 0.3) is 0 Å². The lowest BCUT2D eigenvalue weighted by molar-refractivity contribution is -0.166. The molecule has 0 aliphatic rings. The molecule has 60 heavy (non-hydrogen) atoms. The number of ether oxygens (including phenoxy) is 3. The summed E-state index contributed by atoms with van der Waals surface area (Å²) in [7, 11) is 0. The van der Waals surface area contributed by atoms with Gasteiger partial charge in [-0.15, -0.1) is 0 Å². The van der Waals surface area contributed by atoms with E-state index in [1.807, 2.05) is 6.08 Å². The average Bonchev–Trinajstić information content (AvgIpc) is 3.24. The first-order chi connectivity index (χ1) is 29.5. The minimum atomic E-state index is -0.798. The summed E-state index contributed by atoms with van der Waals surface area (Å²) in [5.74, 6) is -0.969. The van der Waals surface area contributed by atoms with Gasteiger partial charge in [-0.2, -0.15) is 0 Å². The molecule has 0 aromatic rings. The van der Waals surface area contributed by atoms with Gasteiger partial charge in [-0.1, -0.05) is 224 Å². The maximum atomic E-state index is 12.8. The van der Waals surface area contributed by atoms with Crippen molar-refractivity contribution in [3.8, 4) is 0 Å². The van der Waals surface area contributed by atoms with Crippen LogP contribution in [0.4, 0.5) is 0 Å². The summed E-state index contributed by atoms with van der Waals surface area (Å²) in [5.41, 5.74) is 0. The Kier molecular flexibility index (Phi) is 47.3. The van der Waals surface area contributed by atoms with Crippen LogP contribution >= 0.6 is 0 Å². The van der Waals surface area contributed by atoms with E-state index in [1.54, 1.807) is 0 Å². The summed E-state index contributed by atoms with van der Waals surface area (Å²) in [4.78, 5) is 37.9. The van der Waals surface area contributed by atoms with Gasteiger partial charge < -0.3 is 14.2 Å². The van der Waals surface area contributed by atoms with Crippen LogP contribution in [0.2, 0.25) is 0 Å². The summed E-state index contributed by atoms with van der Waals surface area (Å²) < 4.78 is 16.7. The molecule has 1 atom stereocenters. The predicted molar refractivity (Wildman–Crippen MR) is 256 cm³/mol. The Balaban J connectivity index is 4.42. The zero-order valence-corrected chi connectivity index (χ0v) is 40.0. The van der Waals surface area contributed by atoms with Gasteiger partial charge in [-0.3, -0.25) is 14.4 Å². The number of carbonyl (C=O) groups is 3. The molecule has 6 nitrogen and oxygen atoms in total. The smallest absolute Gasteiger partial charge is 0.306 e. The molecule has 0 saturated heterocycles. The highest BCUT2D eigenvalue weighted by Crippen LogP contribution is 2.15. The van der Waals surface area contributed by atoms with E-state index in [0.29, 0.717) is 19.3 Å². The molecule has 0 aliphatic carbocycles. The van der Waals surface area contributed by atoms with Crippen LogP contribution in [-0.4, -0.2) is 37.2 Å². The van der Waals surface area contributed by atoms with E-state index < -0.39 is 6.10 Å². The summed E-state index contributed by atoms with van der Waals surface area (Å²) in [6.45, 7) is 6.58. The van der Waals surface area contributed by atoms with E-state index in [2.05, 4.69) is 51.2 Å². The molecule has 0 bridgehead atoms. The number of esters is 3. The first kappa shape index (κ1) is 57.6. The lowest BCUT2D eigenvalue weighted by Gasteiger charge is -2.18. The SMILES string of the molecule is CCCCCCCC/C=C\C/C=C\CCC(=O)OCC(COC(=O)CCCCCCCCCCCCCCCCC)OC(=O)CCCCC/C=C\CCCCCCCCC. The fourth-order valence-corrected chi connectivity index (χ4v) is 7.43. The molecular formula is C54H98O6. The lowest BCUT2D eigenvalue weighted by Crippen LogP contribution is -2.30. The van der Waals surface area contributed by atoms with Crippen molar-refractivity contribution < 1.29 is 28.6 Å². The number of unbranched alkanes of at least 4 members (excludes halogenated alkanes) is 30. The Hall–Kier alpha value is -2.37. The topological polar surface area (TPSA) is 78.9 Å². The maximum absolute atomic E-state index is 12.8. The number of rotatable bonds is 47. The van der Waals surface area contributed by atoms with E-state index in [-0.39, 0.29) is 37.5 Å². The number of allylic oxidation sites excluding steroid dienone is 6. The second-order valence-electron chi connectivity index (χ2n) is 17.4. The molecule has 0 aliphatic heterocycles. The quantitative estimate of drug-likeness (QED) is 0.0263. The molecule has 0 N–H and O–H groups in total. The molecule has 0 saturated carbocycles. The first-order valence-corrected chi connectivity index (χ1v) is 26.0. The largest absolute Gasteiger partial charge is 0.462 e. The van der Waals surface area contributed by atoms with Crippen LogP contribution in [0.5, 0.6) is 0 Å². The van der Waals surface area contributed by atoms with Crippen LogP contribution in [-0.2, 0) is 28.6 Å². The highest BCUT2D eigenvalue weighted by molar-refractivity contribution is 5.71. The Morgan fingerprint density at radius 3 is 1.05 bits per heavy atom. The van der Waals surface area contributed by atoms with Crippen molar-refractivity contribution in [1.29, 1.82) is 0 Å². The van der Waals surface area contributed by atoms with E-state index in [9.17, 15) is 14.4 Å². The Labute approximate surface area is 372 Å². The molecule has 0 rings (SSSR count). The van der Waals surface area contributed by atoms with Gasteiger partial charge in [0.2, 0.25) is 0 Å². The summed E-state index contributed by atoms with van der Waals surface area (Å²) >= 11 is 0. The van der Waals surface area contributed by atoms with Crippen molar-refractivity contribution in [1.82, 2.24) is 0 Å². The van der Waals surface area contributed by atoms with E-state index in [1.165, 1.54) is 161 Å². The Morgan fingerprint density at radius 1 is 0.333 bits per heavy atom. The van der Waals surface area contributed by atoms with Crippen molar-refractivity contribution in [3.05, 3.63) is 36.5 Å². The zero-order valence-electron chi connectivity index (χ0n) is 40.0. The van der Waals surface area contributed by atoms with Crippen molar-refractivity contribution in [2.45, 2.75) is 277 Å². The van der Waals surface area contributed by atoms with Crippen molar-refractivity contribution in [2.75, 3.05) is 13.2 Å². The average molecular weight is 843 g/mol. The van der Waals surface area contributed by atoms with Crippen molar-refractivity contribution >= 4 is 17.9 Å². The van der Waals surface area contributed by atoms with Gasteiger partial charge in [-0.05, 0) is 64.2 Å². The molecule has 0 spiro atoms. The molecule has 0 aromatic heterocycles. The van der Waals surface area contributed by atoms with Gasteiger partial charge >= 0.3 is 17.9 Å². The highest BCUT2D eigenvalue weighted by Gasteiger charge is 2.19. The molecule has 6 heteroatoms. The van der Waals surface area contributed by atoms with Crippen LogP contribution in [0, 0.1) is 0 Å². The summed E-state index contributed by atoms with van der Waals surface area (Å²) in [5, 5.41) is 0. The number of carbonyl (C=O) groups excluding carboxylic acids is 3. The van der Waals surface area contributed by atoms with Crippen molar-refractivity contribution in [3.63, 3.8) is 0 Å². The maximum Gasteiger partial charge on any atom is 0.306 e. The Morgan fingerprint density at radius 2 is 0.633 bits per heavy atom. The van der Waals surface area contributed by atoms with Crippen LogP contribution in [0.15, 0.2) is 36.5 Å². The van der Waals surface area contributed by atoms with Crippen LogP contribution in [0.1, 0.15) is 271 Å². The normalized spacial score (nSPS) is 12.2. The third-order valence-electron chi connectivity index (χ3n) is 11.4. The monoisotopic (exact) mass is 843 g/mol. The molecule has 0 amide bonds. The molecule has 1 unspecified atom stereocenters. The zero-order chi connectivity index (χ0) is 43.7. The van der Waals surface area contributed by atoms with Gasteiger partial charge in [0.15, 0.2) is 6.10 Å². The molecule has 0 heterocycles. The minimum absolute atomic E-state index is 0.0922. The predicted octanol–water partition coefficient (Wildman–Crippen LogP) is 16.9. The van der Waals surface area contributed by atoms with E-state index in [0.717, 1.165) is 64.2 Å². The van der Waals surface area contributed by atoms with E-state index >= 15 is 0 Å². The van der Waals surface area contributed by atoms with Gasteiger partial charge in [0.1, 0.15) is 13.2 Å². The van der Waals surface area contributed by atoms with Crippen LogP contribution in [0.25, 0.3) is 0 Å². The summed E-state index contributed by atoms with van der Waals surface area (Å²) in [6.07, 6.45) is 57.1.